The number of amides is 1. The second-order valence-corrected chi connectivity index (χ2v) is 6.25. The van der Waals surface area contributed by atoms with Crippen molar-refractivity contribution >= 4 is 16.9 Å². The van der Waals surface area contributed by atoms with Gasteiger partial charge in [-0.15, -0.1) is 0 Å². The third kappa shape index (κ3) is 3.40. The van der Waals surface area contributed by atoms with Crippen LogP contribution in [0.5, 0.6) is 0 Å². The van der Waals surface area contributed by atoms with Crippen molar-refractivity contribution in [1.82, 2.24) is 15.0 Å². The number of aryl methyl sites for hydroxylation is 3. The number of para-hydroxylation sites is 1. The van der Waals surface area contributed by atoms with Gasteiger partial charge in [0.15, 0.2) is 0 Å². The first-order chi connectivity index (χ1) is 12.0. The average molecular weight is 338 g/mol. The first-order valence-electron chi connectivity index (χ1n) is 8.24. The lowest BCUT2D eigenvalue weighted by Gasteiger charge is -2.12. The largest absolute Gasteiger partial charge is 0.320 e. The quantitative estimate of drug-likeness (QED) is 0.492. The number of hydrogen-bond donors (Lipinski definition) is 3. The molecule has 1 amide bonds. The number of nitrogens with one attached hydrogen (secondary N) is 1. The second kappa shape index (κ2) is 7.04. The van der Waals surface area contributed by atoms with Crippen molar-refractivity contribution in [2.24, 2.45) is 5.73 Å². The van der Waals surface area contributed by atoms with Crippen molar-refractivity contribution in [2.75, 3.05) is 0 Å². The van der Waals surface area contributed by atoms with E-state index in [2.05, 4.69) is 30.5 Å². The molecule has 0 bridgehead atoms. The predicted molar refractivity (Wildman–Crippen MR) is 96.8 cm³/mol. The Morgan fingerprint density at radius 3 is 2.60 bits per heavy atom. The topological polar surface area (TPSA) is 93.2 Å². The van der Waals surface area contributed by atoms with Gasteiger partial charge < -0.3 is 5.73 Å². The number of rotatable bonds is 5. The summed E-state index contributed by atoms with van der Waals surface area (Å²) in [6, 6.07) is 13.4. The van der Waals surface area contributed by atoms with Gasteiger partial charge >= 0.3 is 0 Å². The summed E-state index contributed by atoms with van der Waals surface area (Å²) in [5.41, 5.74) is 12.8. The fourth-order valence-electron chi connectivity index (χ4n) is 2.91. The van der Waals surface area contributed by atoms with E-state index in [-0.39, 0.29) is 0 Å². The van der Waals surface area contributed by atoms with Crippen LogP contribution in [0.3, 0.4) is 0 Å². The number of imidazole rings is 1. The molecule has 0 fully saturated rings. The van der Waals surface area contributed by atoms with E-state index in [0.29, 0.717) is 12.8 Å². The van der Waals surface area contributed by atoms with E-state index >= 15 is 0 Å². The Bertz CT molecular complexity index is 903. The van der Waals surface area contributed by atoms with Crippen LogP contribution in [0.1, 0.15) is 23.4 Å². The molecule has 6 heteroatoms. The lowest BCUT2D eigenvalue weighted by molar-refractivity contribution is -0.130. The van der Waals surface area contributed by atoms with E-state index in [1.807, 2.05) is 30.3 Å². The summed E-state index contributed by atoms with van der Waals surface area (Å²) in [5.74, 6) is 0.251. The van der Waals surface area contributed by atoms with Crippen LogP contribution in [-0.2, 0) is 11.2 Å². The minimum absolute atomic E-state index is 0.389. The first kappa shape index (κ1) is 17.1. The number of aromatic nitrogens is 2. The van der Waals surface area contributed by atoms with E-state index in [1.165, 1.54) is 11.1 Å². The van der Waals surface area contributed by atoms with E-state index < -0.39 is 11.9 Å². The Kier molecular flexibility index (Phi) is 4.83. The number of fused-ring (bicyclic) bond motifs is 1. The molecule has 25 heavy (non-hydrogen) atoms. The lowest BCUT2D eigenvalue weighted by atomic mass is 10.1. The van der Waals surface area contributed by atoms with Gasteiger partial charge in [0.2, 0.25) is 0 Å². The van der Waals surface area contributed by atoms with Crippen LogP contribution in [0.4, 0.5) is 0 Å². The number of nitrogens with zero attached hydrogens (tertiary/aromatic N) is 2. The van der Waals surface area contributed by atoms with E-state index in [9.17, 15) is 4.79 Å². The maximum Gasteiger partial charge on any atom is 0.260 e. The van der Waals surface area contributed by atoms with Crippen LogP contribution in [0, 0.1) is 13.8 Å². The Morgan fingerprint density at radius 2 is 1.92 bits per heavy atom. The van der Waals surface area contributed by atoms with Gasteiger partial charge in [0.25, 0.3) is 5.91 Å². The molecular weight excluding hydrogens is 316 g/mol. The van der Waals surface area contributed by atoms with Gasteiger partial charge in [-0.25, -0.2) is 10.5 Å². The zero-order chi connectivity index (χ0) is 18.0. The molecule has 1 unspecified atom stereocenters. The van der Waals surface area contributed by atoms with E-state index in [0.717, 1.165) is 22.5 Å². The Hall–Kier alpha value is -2.70. The molecule has 4 N–H and O–H groups in total. The van der Waals surface area contributed by atoms with E-state index in [1.54, 1.807) is 5.48 Å². The van der Waals surface area contributed by atoms with Gasteiger partial charge in [-0.05, 0) is 55.7 Å². The summed E-state index contributed by atoms with van der Waals surface area (Å²) >= 11 is 0. The first-order valence-corrected chi connectivity index (χ1v) is 8.24. The molecule has 2 aromatic carbocycles. The van der Waals surface area contributed by atoms with Crippen LogP contribution >= 0.6 is 0 Å². The van der Waals surface area contributed by atoms with Crippen molar-refractivity contribution in [3.05, 3.63) is 59.4 Å². The zero-order valence-corrected chi connectivity index (χ0v) is 14.4. The number of nitrogens with two attached hydrogens (primary N) is 1. The summed E-state index contributed by atoms with van der Waals surface area (Å²) in [6.45, 7) is 4.15. The van der Waals surface area contributed by atoms with Crippen LogP contribution in [0.15, 0.2) is 42.5 Å². The maximum atomic E-state index is 11.4. The number of benzene rings is 2. The Morgan fingerprint density at radius 1 is 1.24 bits per heavy atom. The smallest absolute Gasteiger partial charge is 0.260 e. The van der Waals surface area contributed by atoms with Crippen molar-refractivity contribution in [3.63, 3.8) is 0 Å². The van der Waals surface area contributed by atoms with Gasteiger partial charge in [0.1, 0.15) is 5.82 Å². The molecule has 0 spiro atoms. The standard InChI is InChI=1S/C19H22N4O2/c1-12-10-16-17(11-13(12)2)23(14-6-4-3-5-7-14)18(21-16)9-8-15(20)19(24)22-25/h3-7,10-11,15,25H,8-9,20H2,1-2H3,(H,22,24). The summed E-state index contributed by atoms with van der Waals surface area (Å²) < 4.78 is 2.10. The number of hydrogen-bond acceptors (Lipinski definition) is 4. The molecule has 1 aromatic heterocycles. The molecule has 3 rings (SSSR count). The molecule has 0 aliphatic rings. The normalized spacial score (nSPS) is 12.3. The highest BCUT2D eigenvalue weighted by molar-refractivity contribution is 5.81. The molecule has 3 aromatic rings. The molecule has 1 heterocycles. The van der Waals surface area contributed by atoms with Crippen LogP contribution < -0.4 is 11.2 Å². The molecule has 130 valence electrons. The van der Waals surface area contributed by atoms with Gasteiger partial charge in [-0.3, -0.25) is 14.6 Å². The molecule has 0 saturated carbocycles. The van der Waals surface area contributed by atoms with Crippen molar-refractivity contribution < 1.29 is 10.0 Å². The number of carbonyl (C=O) groups excluding carboxylic acids is 1. The van der Waals surface area contributed by atoms with E-state index in [4.69, 9.17) is 15.9 Å². The molecule has 0 aliphatic carbocycles. The van der Waals surface area contributed by atoms with Crippen molar-refractivity contribution in [2.45, 2.75) is 32.7 Å². The molecule has 0 aliphatic heterocycles. The highest BCUT2D eigenvalue weighted by Gasteiger charge is 2.17. The second-order valence-electron chi connectivity index (χ2n) is 6.25. The highest BCUT2D eigenvalue weighted by atomic mass is 16.5. The number of carbonyl (C=O) groups is 1. The van der Waals surface area contributed by atoms with Crippen molar-refractivity contribution in [1.29, 1.82) is 0 Å². The molecule has 0 radical (unpaired) electrons. The summed E-state index contributed by atoms with van der Waals surface area (Å²) in [5, 5.41) is 8.71. The summed E-state index contributed by atoms with van der Waals surface area (Å²) in [6.07, 6.45) is 0.913. The average Bonchev–Trinajstić information content (AvgIpc) is 2.97. The van der Waals surface area contributed by atoms with Gasteiger partial charge in [-0.2, -0.15) is 0 Å². The number of hydroxylamine groups is 1. The molecule has 0 saturated heterocycles. The SMILES string of the molecule is Cc1cc2nc(CCC(N)C(=O)NO)n(-c3ccccc3)c2cc1C. The molecule has 6 nitrogen and oxygen atoms in total. The van der Waals surface area contributed by atoms with Gasteiger partial charge in [-0.1, -0.05) is 18.2 Å². The van der Waals surface area contributed by atoms with Gasteiger partial charge in [0, 0.05) is 12.1 Å². The third-order valence-electron chi connectivity index (χ3n) is 4.48. The lowest BCUT2D eigenvalue weighted by Crippen LogP contribution is -2.39. The molecule has 1 atom stereocenters. The zero-order valence-electron chi connectivity index (χ0n) is 14.4. The predicted octanol–water partition coefficient (Wildman–Crippen LogP) is 2.41. The van der Waals surface area contributed by atoms with Crippen molar-refractivity contribution in [3.8, 4) is 5.69 Å². The van der Waals surface area contributed by atoms with Gasteiger partial charge in [0.05, 0.1) is 17.1 Å². The third-order valence-corrected chi connectivity index (χ3v) is 4.48. The Labute approximate surface area is 146 Å². The molecular formula is C19H22N4O2. The summed E-state index contributed by atoms with van der Waals surface area (Å²) in [7, 11) is 0. The monoisotopic (exact) mass is 338 g/mol. The highest BCUT2D eigenvalue weighted by Crippen LogP contribution is 2.25. The minimum atomic E-state index is -0.780. The fraction of sp³-hybridized carbons (Fsp3) is 0.263. The maximum absolute atomic E-state index is 11.4. The van der Waals surface area contributed by atoms with Crippen LogP contribution in [0.25, 0.3) is 16.7 Å². The minimum Gasteiger partial charge on any atom is -0.320 e. The Balaban J connectivity index is 2.06. The summed E-state index contributed by atoms with van der Waals surface area (Å²) in [4.78, 5) is 16.2. The fourth-order valence-corrected chi connectivity index (χ4v) is 2.91. The van der Waals surface area contributed by atoms with Crippen LogP contribution in [-0.4, -0.2) is 26.7 Å². The van der Waals surface area contributed by atoms with Crippen LogP contribution in [0.2, 0.25) is 0 Å².